The summed E-state index contributed by atoms with van der Waals surface area (Å²) in [5.74, 6) is -2.08. The number of hydrogen-bond donors (Lipinski definition) is 0. The molecule has 40 heavy (non-hydrogen) atoms. The standard InChI is InChI=1S/C30H27F2N3O4S/c1-3-38-29(36)17-35(16-23-11-12-33-19-34-23)30(37)22-6-4-5-20(13-22)18-39-24-9-7-21(8-10-24)25-14-26(31)27(32)15-28(25)40-2/h4-15,19H,3,16-18H2,1-2H3. The smallest absolute Gasteiger partial charge is 0.325 e. The number of benzene rings is 3. The first-order valence-corrected chi connectivity index (χ1v) is 13.7. The zero-order chi connectivity index (χ0) is 28.5. The lowest BCUT2D eigenvalue weighted by Crippen LogP contribution is -2.36. The summed E-state index contributed by atoms with van der Waals surface area (Å²) in [5, 5.41) is 0. The number of hydrogen-bond acceptors (Lipinski definition) is 7. The molecule has 0 aliphatic heterocycles. The van der Waals surface area contributed by atoms with Gasteiger partial charge in [0, 0.05) is 16.7 Å². The third kappa shape index (κ3) is 7.41. The van der Waals surface area contributed by atoms with Gasteiger partial charge < -0.3 is 14.4 Å². The molecule has 3 aromatic carbocycles. The van der Waals surface area contributed by atoms with Crippen molar-refractivity contribution in [3.8, 4) is 16.9 Å². The van der Waals surface area contributed by atoms with E-state index in [-0.39, 0.29) is 32.2 Å². The Hall–Kier alpha value is -4.31. The van der Waals surface area contributed by atoms with Gasteiger partial charge in [0.1, 0.15) is 25.2 Å². The topological polar surface area (TPSA) is 81.6 Å². The normalized spacial score (nSPS) is 10.7. The quantitative estimate of drug-likeness (QED) is 0.165. The fourth-order valence-corrected chi connectivity index (χ4v) is 4.58. The number of esters is 1. The molecule has 0 aliphatic rings. The van der Waals surface area contributed by atoms with Gasteiger partial charge in [-0.2, -0.15) is 0 Å². The first-order valence-electron chi connectivity index (χ1n) is 12.4. The van der Waals surface area contributed by atoms with Crippen LogP contribution < -0.4 is 4.74 Å². The molecule has 0 saturated heterocycles. The van der Waals surface area contributed by atoms with Crippen LogP contribution in [0.15, 0.2) is 84.1 Å². The first kappa shape index (κ1) is 28.7. The molecule has 1 aromatic heterocycles. The fraction of sp³-hybridized carbons (Fsp3) is 0.200. The second kappa shape index (κ2) is 13.7. The molecule has 4 rings (SSSR count). The van der Waals surface area contributed by atoms with Gasteiger partial charge in [0.25, 0.3) is 5.91 Å². The number of halogens is 2. The lowest BCUT2D eigenvalue weighted by molar-refractivity contribution is -0.143. The SMILES string of the molecule is CCOC(=O)CN(Cc1ccncn1)C(=O)c1cccc(COc2ccc(-c3cc(F)c(F)cc3SC)cc2)c1. The van der Waals surface area contributed by atoms with Crippen molar-refractivity contribution in [2.75, 3.05) is 19.4 Å². The van der Waals surface area contributed by atoms with Crippen LogP contribution in [0.4, 0.5) is 8.78 Å². The summed E-state index contributed by atoms with van der Waals surface area (Å²) >= 11 is 1.34. The number of aromatic nitrogens is 2. The Morgan fingerprint density at radius 3 is 2.48 bits per heavy atom. The highest BCUT2D eigenvalue weighted by Crippen LogP contribution is 2.33. The van der Waals surface area contributed by atoms with Crippen LogP contribution in [-0.2, 0) is 22.7 Å². The third-order valence-corrected chi connectivity index (χ3v) is 6.67. The Bertz CT molecular complexity index is 1470. The summed E-state index contributed by atoms with van der Waals surface area (Å²) in [6.45, 7) is 1.99. The number of amides is 1. The van der Waals surface area contributed by atoms with Crippen LogP contribution in [0.3, 0.4) is 0 Å². The van der Waals surface area contributed by atoms with E-state index in [1.807, 2.05) is 6.07 Å². The van der Waals surface area contributed by atoms with E-state index in [9.17, 15) is 18.4 Å². The van der Waals surface area contributed by atoms with E-state index < -0.39 is 17.6 Å². The Morgan fingerprint density at radius 1 is 1.00 bits per heavy atom. The molecular weight excluding hydrogens is 536 g/mol. The van der Waals surface area contributed by atoms with Crippen LogP contribution >= 0.6 is 11.8 Å². The molecule has 0 bridgehead atoms. The van der Waals surface area contributed by atoms with Crippen molar-refractivity contribution >= 4 is 23.6 Å². The molecular formula is C30H27F2N3O4S. The zero-order valence-electron chi connectivity index (χ0n) is 22.0. The van der Waals surface area contributed by atoms with Crippen LogP contribution in [-0.4, -0.2) is 46.2 Å². The van der Waals surface area contributed by atoms with Gasteiger partial charge in [-0.25, -0.2) is 18.7 Å². The molecule has 206 valence electrons. The van der Waals surface area contributed by atoms with Crippen LogP contribution in [0, 0.1) is 11.6 Å². The maximum absolute atomic E-state index is 13.8. The first-order chi connectivity index (χ1) is 19.4. The Morgan fingerprint density at radius 2 is 1.77 bits per heavy atom. The average Bonchev–Trinajstić information content (AvgIpc) is 2.97. The molecule has 0 unspecified atom stereocenters. The molecule has 10 heteroatoms. The highest BCUT2D eigenvalue weighted by molar-refractivity contribution is 7.98. The second-order valence-corrected chi connectivity index (χ2v) is 9.50. The lowest BCUT2D eigenvalue weighted by Gasteiger charge is -2.21. The highest BCUT2D eigenvalue weighted by Gasteiger charge is 2.21. The van der Waals surface area contributed by atoms with Gasteiger partial charge in [0.05, 0.1) is 18.8 Å². The van der Waals surface area contributed by atoms with Crippen molar-refractivity contribution in [3.05, 3.63) is 108 Å². The van der Waals surface area contributed by atoms with Crippen LogP contribution in [0.2, 0.25) is 0 Å². The number of rotatable bonds is 11. The van der Waals surface area contributed by atoms with Crippen molar-refractivity contribution in [2.24, 2.45) is 0 Å². The maximum atomic E-state index is 13.8. The number of carbonyl (C=O) groups excluding carboxylic acids is 2. The van der Waals surface area contributed by atoms with Crippen LogP contribution in [0.1, 0.15) is 28.5 Å². The Balaban J connectivity index is 1.46. The molecule has 0 atom stereocenters. The second-order valence-electron chi connectivity index (χ2n) is 8.65. The van der Waals surface area contributed by atoms with Gasteiger partial charge in [-0.15, -0.1) is 11.8 Å². The largest absolute Gasteiger partial charge is 0.489 e. The van der Waals surface area contributed by atoms with Crippen LogP contribution in [0.5, 0.6) is 5.75 Å². The van der Waals surface area contributed by atoms with E-state index in [0.29, 0.717) is 27.5 Å². The lowest BCUT2D eigenvalue weighted by atomic mass is 10.1. The van der Waals surface area contributed by atoms with Crippen molar-refractivity contribution in [1.29, 1.82) is 0 Å². The number of ether oxygens (including phenoxy) is 2. The summed E-state index contributed by atoms with van der Waals surface area (Å²) in [7, 11) is 0. The van der Waals surface area contributed by atoms with Gasteiger partial charge in [-0.05, 0) is 72.3 Å². The van der Waals surface area contributed by atoms with Gasteiger partial charge in [-0.3, -0.25) is 9.59 Å². The molecule has 0 fully saturated rings. The van der Waals surface area contributed by atoms with E-state index in [1.165, 1.54) is 35.1 Å². The van der Waals surface area contributed by atoms with E-state index in [1.54, 1.807) is 67.9 Å². The minimum absolute atomic E-state index is 0.115. The van der Waals surface area contributed by atoms with Gasteiger partial charge in [0.2, 0.25) is 0 Å². The van der Waals surface area contributed by atoms with E-state index in [2.05, 4.69) is 9.97 Å². The van der Waals surface area contributed by atoms with Crippen molar-refractivity contribution in [1.82, 2.24) is 14.9 Å². The molecule has 1 amide bonds. The Kier molecular flexibility index (Phi) is 9.80. The van der Waals surface area contributed by atoms with Gasteiger partial charge in [-0.1, -0.05) is 24.3 Å². The molecule has 0 saturated carbocycles. The molecule has 0 N–H and O–H groups in total. The summed E-state index contributed by atoms with van der Waals surface area (Å²) in [6, 6.07) is 18.1. The minimum atomic E-state index is -0.902. The van der Waals surface area contributed by atoms with Crippen molar-refractivity contribution in [3.63, 3.8) is 0 Å². The fourth-order valence-electron chi connectivity index (χ4n) is 3.97. The zero-order valence-corrected chi connectivity index (χ0v) is 22.8. The van der Waals surface area contributed by atoms with Gasteiger partial charge >= 0.3 is 5.97 Å². The van der Waals surface area contributed by atoms with E-state index in [0.717, 1.165) is 11.1 Å². The molecule has 4 aromatic rings. The number of thioether (sulfide) groups is 1. The average molecular weight is 564 g/mol. The molecule has 0 spiro atoms. The maximum Gasteiger partial charge on any atom is 0.325 e. The predicted octanol–water partition coefficient (Wildman–Crippen LogP) is 5.93. The summed E-state index contributed by atoms with van der Waals surface area (Å²) in [5.41, 5.74) is 3.05. The van der Waals surface area contributed by atoms with Crippen LogP contribution in [0.25, 0.3) is 11.1 Å². The summed E-state index contributed by atoms with van der Waals surface area (Å²) < 4.78 is 38.4. The number of nitrogens with zero attached hydrogens (tertiary/aromatic N) is 3. The summed E-state index contributed by atoms with van der Waals surface area (Å²) in [4.78, 5) is 35.6. The van der Waals surface area contributed by atoms with E-state index in [4.69, 9.17) is 9.47 Å². The third-order valence-electron chi connectivity index (χ3n) is 5.90. The van der Waals surface area contributed by atoms with Crippen molar-refractivity contribution < 1.29 is 27.8 Å². The van der Waals surface area contributed by atoms with Crippen molar-refractivity contribution in [2.45, 2.75) is 25.0 Å². The summed E-state index contributed by atoms with van der Waals surface area (Å²) in [6.07, 6.45) is 4.75. The van der Waals surface area contributed by atoms with E-state index >= 15 is 0 Å². The molecule has 0 aliphatic carbocycles. The van der Waals surface area contributed by atoms with Gasteiger partial charge in [0.15, 0.2) is 11.6 Å². The molecule has 1 heterocycles. The monoisotopic (exact) mass is 563 g/mol. The number of carbonyl (C=O) groups is 2. The molecule has 0 radical (unpaired) electrons. The predicted molar refractivity (Wildman–Crippen MR) is 148 cm³/mol. The highest BCUT2D eigenvalue weighted by atomic mass is 32.2. The Labute approximate surface area is 235 Å². The minimum Gasteiger partial charge on any atom is -0.489 e. The molecule has 7 nitrogen and oxygen atoms in total.